The zero-order valence-electron chi connectivity index (χ0n) is 10.7. The molecule has 1 heterocycles. The molecule has 2 unspecified atom stereocenters. The van der Waals surface area contributed by atoms with Crippen molar-refractivity contribution in [2.75, 3.05) is 20.1 Å². The van der Waals surface area contributed by atoms with Crippen LogP contribution < -0.4 is 0 Å². The van der Waals surface area contributed by atoms with Gasteiger partial charge in [0.2, 0.25) is 0 Å². The van der Waals surface area contributed by atoms with Gasteiger partial charge in [0.1, 0.15) is 0 Å². The molecule has 2 rings (SSSR count). The first-order valence-corrected chi connectivity index (χ1v) is 6.76. The van der Waals surface area contributed by atoms with Gasteiger partial charge in [0.25, 0.3) is 0 Å². The summed E-state index contributed by atoms with van der Waals surface area (Å²) in [4.78, 5) is 2.51. The van der Waals surface area contributed by atoms with Crippen LogP contribution >= 0.6 is 0 Å². The second kappa shape index (κ2) is 5.67. The average Bonchev–Trinajstić information content (AvgIpc) is 2.74. The van der Waals surface area contributed by atoms with Gasteiger partial charge in [-0.05, 0) is 57.4 Å². The molecule has 1 aliphatic carbocycles. The van der Waals surface area contributed by atoms with Crippen molar-refractivity contribution in [1.29, 1.82) is 0 Å². The highest BCUT2D eigenvalue weighted by atomic mass is 15.1. The molecule has 0 radical (unpaired) electrons. The molecule has 0 N–H and O–H groups in total. The van der Waals surface area contributed by atoms with Crippen molar-refractivity contribution in [2.24, 2.45) is 17.8 Å². The van der Waals surface area contributed by atoms with Crippen LogP contribution in [0.4, 0.5) is 0 Å². The van der Waals surface area contributed by atoms with Gasteiger partial charge in [-0.2, -0.15) is 0 Å². The van der Waals surface area contributed by atoms with E-state index in [1.54, 1.807) is 0 Å². The molecule has 2 fully saturated rings. The van der Waals surface area contributed by atoms with Crippen LogP contribution in [0.15, 0.2) is 24.3 Å². The Bertz CT molecular complexity index is 253. The molecule has 1 heteroatoms. The first-order chi connectivity index (χ1) is 7.79. The molecule has 2 atom stereocenters. The van der Waals surface area contributed by atoms with Gasteiger partial charge in [0.05, 0.1) is 0 Å². The SMILES string of the molecule is C/C=C\C=C/CCC1CC2CN(C)CC2C1. The van der Waals surface area contributed by atoms with Crippen molar-refractivity contribution in [3.05, 3.63) is 24.3 Å². The normalized spacial score (nSPS) is 35.5. The number of hydrogen-bond acceptors (Lipinski definition) is 1. The molecule has 1 saturated heterocycles. The van der Waals surface area contributed by atoms with Crippen LogP contribution in [0.25, 0.3) is 0 Å². The Kier molecular flexibility index (Phi) is 4.22. The topological polar surface area (TPSA) is 3.24 Å². The number of likely N-dealkylation sites (tertiary alicyclic amines) is 1. The van der Waals surface area contributed by atoms with Gasteiger partial charge < -0.3 is 4.90 Å². The highest BCUT2D eigenvalue weighted by molar-refractivity contribution is 5.01. The van der Waals surface area contributed by atoms with Crippen LogP contribution in [0.5, 0.6) is 0 Å². The summed E-state index contributed by atoms with van der Waals surface area (Å²) in [7, 11) is 2.27. The molecule has 16 heavy (non-hydrogen) atoms. The van der Waals surface area contributed by atoms with Gasteiger partial charge in [0.15, 0.2) is 0 Å². The Hall–Kier alpha value is -0.560. The number of allylic oxidation sites excluding steroid dienone is 4. The molecule has 0 amide bonds. The number of hydrogen-bond donors (Lipinski definition) is 0. The van der Waals surface area contributed by atoms with Gasteiger partial charge >= 0.3 is 0 Å². The van der Waals surface area contributed by atoms with Gasteiger partial charge in [-0.3, -0.25) is 0 Å². The lowest BCUT2D eigenvalue weighted by Crippen LogP contribution is -2.16. The third-order valence-corrected chi connectivity index (χ3v) is 4.21. The summed E-state index contributed by atoms with van der Waals surface area (Å²) in [6, 6.07) is 0. The largest absolute Gasteiger partial charge is 0.306 e. The molecule has 1 aliphatic heterocycles. The Morgan fingerprint density at radius 3 is 2.44 bits per heavy atom. The predicted octanol–water partition coefficient (Wildman–Crippen LogP) is 3.49. The Labute approximate surface area is 100 Å². The van der Waals surface area contributed by atoms with Crippen LogP contribution in [0.3, 0.4) is 0 Å². The van der Waals surface area contributed by atoms with Gasteiger partial charge in [-0.1, -0.05) is 24.3 Å². The monoisotopic (exact) mass is 219 g/mol. The van der Waals surface area contributed by atoms with Crippen molar-refractivity contribution in [2.45, 2.75) is 32.6 Å². The Balaban J connectivity index is 1.67. The lowest BCUT2D eigenvalue weighted by atomic mass is 9.99. The zero-order valence-corrected chi connectivity index (χ0v) is 10.7. The Morgan fingerprint density at radius 2 is 1.81 bits per heavy atom. The number of nitrogens with zero attached hydrogens (tertiary/aromatic N) is 1. The third-order valence-electron chi connectivity index (χ3n) is 4.21. The van der Waals surface area contributed by atoms with Crippen LogP contribution in [0.1, 0.15) is 32.6 Å². The summed E-state index contributed by atoms with van der Waals surface area (Å²) in [6.45, 7) is 4.78. The van der Waals surface area contributed by atoms with Crippen molar-refractivity contribution in [3.8, 4) is 0 Å². The highest BCUT2D eigenvalue weighted by Gasteiger charge is 2.38. The Morgan fingerprint density at radius 1 is 1.12 bits per heavy atom. The van der Waals surface area contributed by atoms with Crippen molar-refractivity contribution in [3.63, 3.8) is 0 Å². The van der Waals surface area contributed by atoms with Crippen LogP contribution in [0, 0.1) is 17.8 Å². The van der Waals surface area contributed by atoms with E-state index in [0.717, 1.165) is 17.8 Å². The van der Waals surface area contributed by atoms with Crippen molar-refractivity contribution < 1.29 is 0 Å². The van der Waals surface area contributed by atoms with Crippen molar-refractivity contribution in [1.82, 2.24) is 4.90 Å². The molecule has 0 aromatic heterocycles. The number of rotatable bonds is 4. The van der Waals surface area contributed by atoms with Gasteiger partial charge in [-0.25, -0.2) is 0 Å². The second-order valence-electron chi connectivity index (χ2n) is 5.61. The first-order valence-electron chi connectivity index (χ1n) is 6.76. The summed E-state index contributed by atoms with van der Waals surface area (Å²) in [5.74, 6) is 3.06. The first kappa shape index (κ1) is 11.9. The summed E-state index contributed by atoms with van der Waals surface area (Å²) >= 11 is 0. The van der Waals surface area contributed by atoms with Crippen molar-refractivity contribution >= 4 is 0 Å². The fourth-order valence-electron chi connectivity index (χ4n) is 3.51. The zero-order chi connectivity index (χ0) is 11.4. The maximum Gasteiger partial charge on any atom is 0.000996 e. The van der Waals surface area contributed by atoms with E-state index in [-0.39, 0.29) is 0 Å². The van der Waals surface area contributed by atoms with E-state index in [1.807, 2.05) is 0 Å². The molecular weight excluding hydrogens is 194 g/mol. The van der Waals surface area contributed by atoms with E-state index in [9.17, 15) is 0 Å². The standard InChI is InChI=1S/C15H25N/c1-3-4-5-6-7-8-13-9-14-11-16(2)12-15(14)10-13/h3-6,13-15H,7-12H2,1-2H3/b4-3-,6-5-. The maximum atomic E-state index is 2.51. The van der Waals surface area contributed by atoms with E-state index >= 15 is 0 Å². The summed E-state index contributed by atoms with van der Waals surface area (Å²) in [5.41, 5.74) is 0. The quantitative estimate of drug-likeness (QED) is 0.654. The average molecular weight is 219 g/mol. The van der Waals surface area contributed by atoms with Gasteiger partial charge in [0, 0.05) is 13.1 Å². The maximum absolute atomic E-state index is 2.51. The molecule has 2 aliphatic rings. The summed E-state index contributed by atoms with van der Waals surface area (Å²) < 4.78 is 0. The van der Waals surface area contributed by atoms with E-state index in [2.05, 4.69) is 43.2 Å². The predicted molar refractivity (Wildman–Crippen MR) is 70.4 cm³/mol. The third kappa shape index (κ3) is 2.98. The molecular formula is C15H25N. The molecule has 0 aromatic rings. The van der Waals surface area contributed by atoms with E-state index in [4.69, 9.17) is 0 Å². The summed E-state index contributed by atoms with van der Waals surface area (Å²) in [5, 5.41) is 0. The second-order valence-corrected chi connectivity index (χ2v) is 5.61. The molecule has 1 nitrogen and oxygen atoms in total. The summed E-state index contributed by atoms with van der Waals surface area (Å²) in [6.07, 6.45) is 14.4. The minimum atomic E-state index is 1.01. The van der Waals surface area contributed by atoms with Crippen LogP contribution in [-0.4, -0.2) is 25.0 Å². The lowest BCUT2D eigenvalue weighted by Gasteiger charge is -2.13. The van der Waals surface area contributed by atoms with E-state index in [0.29, 0.717) is 0 Å². The fourth-order valence-corrected chi connectivity index (χ4v) is 3.51. The molecule has 1 saturated carbocycles. The van der Waals surface area contributed by atoms with Gasteiger partial charge in [-0.15, -0.1) is 0 Å². The highest BCUT2D eigenvalue weighted by Crippen LogP contribution is 2.42. The van der Waals surface area contributed by atoms with Crippen LogP contribution in [0.2, 0.25) is 0 Å². The number of fused-ring (bicyclic) bond motifs is 1. The minimum absolute atomic E-state index is 1.01. The molecule has 90 valence electrons. The van der Waals surface area contributed by atoms with Crippen LogP contribution in [-0.2, 0) is 0 Å². The fraction of sp³-hybridized carbons (Fsp3) is 0.733. The lowest BCUT2D eigenvalue weighted by molar-refractivity contribution is 0.348. The molecule has 0 spiro atoms. The minimum Gasteiger partial charge on any atom is -0.306 e. The van der Waals surface area contributed by atoms with E-state index in [1.165, 1.54) is 38.8 Å². The molecule has 0 aromatic carbocycles. The smallest absolute Gasteiger partial charge is 0.000996 e. The molecule has 0 bridgehead atoms. The van der Waals surface area contributed by atoms with E-state index < -0.39 is 0 Å².